The molecule has 8 heteroatoms. The molecule has 5 heterocycles. The molecule has 3 aliphatic heterocycles. The van der Waals surface area contributed by atoms with Crippen LogP contribution in [0.15, 0.2) is 29.0 Å². The van der Waals surface area contributed by atoms with Crippen LogP contribution in [-0.2, 0) is 24.4 Å². The van der Waals surface area contributed by atoms with E-state index >= 15 is 0 Å². The number of hydrogen-bond donors (Lipinski definition) is 2. The number of aromatic nitrogens is 3. The van der Waals surface area contributed by atoms with Gasteiger partial charge in [-0.2, -0.15) is 0 Å². The first-order chi connectivity index (χ1) is 12.2. The average molecular weight is 344 g/mol. The van der Waals surface area contributed by atoms with E-state index in [2.05, 4.69) is 20.5 Å². The number of furan rings is 1. The topological polar surface area (TPSA) is 102 Å². The van der Waals surface area contributed by atoms with Crippen molar-refractivity contribution in [2.24, 2.45) is 17.6 Å². The summed E-state index contributed by atoms with van der Waals surface area (Å²) in [5.74, 6) is 1.42. The molecule has 5 rings (SSSR count). The zero-order valence-corrected chi connectivity index (χ0v) is 14.2. The zero-order chi connectivity index (χ0) is 17.2. The van der Waals surface area contributed by atoms with Crippen LogP contribution in [0.3, 0.4) is 0 Å². The van der Waals surface area contributed by atoms with E-state index in [1.165, 1.54) is 0 Å². The highest BCUT2D eigenvalue weighted by molar-refractivity contribution is 5.79. The fourth-order valence-corrected chi connectivity index (χ4v) is 4.08. The minimum atomic E-state index is 0.0651. The number of piperidine rings is 3. The van der Waals surface area contributed by atoms with Gasteiger partial charge in [0, 0.05) is 25.3 Å². The first-order valence-corrected chi connectivity index (χ1v) is 8.86. The van der Waals surface area contributed by atoms with Crippen LogP contribution in [0.4, 0.5) is 0 Å². The number of carbonyl (C=O) groups is 1. The van der Waals surface area contributed by atoms with Crippen molar-refractivity contribution < 1.29 is 9.21 Å². The fourth-order valence-electron chi connectivity index (χ4n) is 4.08. The highest BCUT2D eigenvalue weighted by Gasteiger charge is 2.43. The quantitative estimate of drug-likeness (QED) is 0.784. The van der Waals surface area contributed by atoms with Crippen LogP contribution in [0, 0.1) is 11.8 Å². The van der Waals surface area contributed by atoms with Gasteiger partial charge >= 0.3 is 0 Å². The van der Waals surface area contributed by atoms with Gasteiger partial charge in [-0.15, -0.1) is 5.10 Å². The van der Waals surface area contributed by atoms with Gasteiger partial charge < -0.3 is 15.5 Å². The molecule has 8 nitrogen and oxygen atoms in total. The largest absolute Gasteiger partial charge is 0.467 e. The monoisotopic (exact) mass is 344 g/mol. The maximum atomic E-state index is 12.6. The summed E-state index contributed by atoms with van der Waals surface area (Å²) in [4.78, 5) is 15.0. The molecule has 2 aromatic heterocycles. The molecule has 1 unspecified atom stereocenters. The Morgan fingerprint density at radius 1 is 1.48 bits per heavy atom. The van der Waals surface area contributed by atoms with Gasteiger partial charge in [-0.25, -0.2) is 0 Å². The summed E-state index contributed by atoms with van der Waals surface area (Å²) in [5, 5.41) is 11.2. The number of nitrogens with zero attached hydrogens (tertiary/aromatic N) is 4. The van der Waals surface area contributed by atoms with E-state index in [-0.39, 0.29) is 11.8 Å². The number of hydrogen-bond acceptors (Lipinski definition) is 6. The van der Waals surface area contributed by atoms with Gasteiger partial charge in [-0.1, -0.05) is 5.21 Å². The van der Waals surface area contributed by atoms with Crippen LogP contribution in [-0.4, -0.2) is 44.9 Å². The molecule has 3 N–H and O–H groups in total. The van der Waals surface area contributed by atoms with Gasteiger partial charge in [0.2, 0.25) is 5.91 Å². The second-order valence-electron chi connectivity index (χ2n) is 6.97. The molecule has 3 aliphatic rings. The molecule has 0 saturated carbocycles. The predicted molar refractivity (Wildman–Crippen MR) is 90.0 cm³/mol. The van der Waals surface area contributed by atoms with Crippen molar-refractivity contribution in [3.63, 3.8) is 0 Å². The Morgan fingerprint density at radius 2 is 2.40 bits per heavy atom. The Morgan fingerprint density at radius 3 is 3.08 bits per heavy atom. The molecule has 0 aliphatic carbocycles. The SMILES string of the molecule is NCc1cn(C[C@H]2C[C@@H]3CCN2C[C@@H]3C(=O)NCc2ccco2)nn1. The van der Waals surface area contributed by atoms with Crippen LogP contribution in [0.1, 0.15) is 24.3 Å². The molecule has 25 heavy (non-hydrogen) atoms. The number of nitrogens with one attached hydrogen (secondary N) is 1. The van der Waals surface area contributed by atoms with Gasteiger partial charge in [0.1, 0.15) is 5.76 Å². The van der Waals surface area contributed by atoms with Gasteiger partial charge in [0.25, 0.3) is 0 Å². The van der Waals surface area contributed by atoms with Gasteiger partial charge in [-0.3, -0.25) is 14.4 Å². The normalized spacial score (nSPS) is 28.2. The third-order valence-electron chi connectivity index (χ3n) is 5.43. The molecular formula is C17H24N6O2. The van der Waals surface area contributed by atoms with E-state index in [9.17, 15) is 4.79 Å². The summed E-state index contributed by atoms with van der Waals surface area (Å²) in [7, 11) is 0. The smallest absolute Gasteiger partial charge is 0.225 e. The standard InChI is InChI=1S/C17H24N6O2/c18-7-13-9-23(21-20-13)10-14-6-12-3-4-22(14)11-16(12)17(24)19-8-15-2-1-5-25-15/h1-2,5,9,12,14,16H,3-4,6-8,10-11,18H2,(H,19,24)/t12-,14+,16-/m0/s1. The van der Waals surface area contributed by atoms with E-state index in [1.807, 2.05) is 23.0 Å². The average Bonchev–Trinajstić information content (AvgIpc) is 3.32. The number of rotatable bonds is 6. The molecule has 1 amide bonds. The van der Waals surface area contributed by atoms with Gasteiger partial charge in [0.15, 0.2) is 0 Å². The molecule has 134 valence electrons. The van der Waals surface area contributed by atoms with E-state index in [1.54, 1.807) is 6.26 Å². The Hall–Kier alpha value is -2.19. The Labute approximate surface area is 146 Å². The van der Waals surface area contributed by atoms with Crippen molar-refractivity contribution in [1.82, 2.24) is 25.2 Å². The van der Waals surface area contributed by atoms with Crippen molar-refractivity contribution in [3.8, 4) is 0 Å². The zero-order valence-electron chi connectivity index (χ0n) is 14.2. The van der Waals surface area contributed by atoms with E-state index in [0.29, 0.717) is 25.0 Å². The summed E-state index contributed by atoms with van der Waals surface area (Å²) >= 11 is 0. The first-order valence-electron chi connectivity index (χ1n) is 8.86. The van der Waals surface area contributed by atoms with Crippen LogP contribution < -0.4 is 11.1 Å². The third-order valence-corrected chi connectivity index (χ3v) is 5.43. The highest BCUT2D eigenvalue weighted by Crippen LogP contribution is 2.36. The summed E-state index contributed by atoms with van der Waals surface area (Å²) < 4.78 is 7.15. The maximum Gasteiger partial charge on any atom is 0.225 e. The second-order valence-corrected chi connectivity index (χ2v) is 6.97. The fraction of sp³-hybridized carbons (Fsp3) is 0.588. The van der Waals surface area contributed by atoms with E-state index in [4.69, 9.17) is 10.2 Å². The Bertz CT molecular complexity index is 713. The Kier molecular flexibility index (Phi) is 4.54. The summed E-state index contributed by atoms with van der Waals surface area (Å²) in [5.41, 5.74) is 6.41. The summed E-state index contributed by atoms with van der Waals surface area (Å²) in [6.07, 6.45) is 5.65. The lowest BCUT2D eigenvalue weighted by molar-refractivity contribution is -0.133. The van der Waals surface area contributed by atoms with Crippen molar-refractivity contribution in [3.05, 3.63) is 36.0 Å². The third kappa shape index (κ3) is 3.45. The molecule has 4 atom stereocenters. The van der Waals surface area contributed by atoms with E-state index in [0.717, 1.165) is 43.9 Å². The molecule has 3 fully saturated rings. The van der Waals surface area contributed by atoms with Gasteiger partial charge in [0.05, 0.1) is 31.0 Å². The van der Waals surface area contributed by atoms with Crippen LogP contribution in [0.2, 0.25) is 0 Å². The van der Waals surface area contributed by atoms with Crippen LogP contribution >= 0.6 is 0 Å². The minimum absolute atomic E-state index is 0.0651. The second kappa shape index (κ2) is 6.97. The highest BCUT2D eigenvalue weighted by atomic mass is 16.3. The lowest BCUT2D eigenvalue weighted by Gasteiger charge is -2.49. The van der Waals surface area contributed by atoms with Crippen molar-refractivity contribution in [2.75, 3.05) is 13.1 Å². The number of carbonyl (C=O) groups excluding carboxylic acids is 1. The molecule has 0 aromatic carbocycles. The van der Waals surface area contributed by atoms with Crippen LogP contribution in [0.5, 0.6) is 0 Å². The number of amides is 1. The molecule has 3 saturated heterocycles. The Balaban J connectivity index is 1.34. The minimum Gasteiger partial charge on any atom is -0.467 e. The molecule has 2 aromatic rings. The van der Waals surface area contributed by atoms with Crippen LogP contribution in [0.25, 0.3) is 0 Å². The summed E-state index contributed by atoms with van der Waals surface area (Å²) in [6.45, 7) is 3.55. The maximum absolute atomic E-state index is 12.6. The van der Waals surface area contributed by atoms with E-state index < -0.39 is 0 Å². The molecule has 0 spiro atoms. The van der Waals surface area contributed by atoms with Crippen molar-refractivity contribution in [2.45, 2.75) is 38.5 Å². The lowest BCUT2D eigenvalue weighted by Crippen LogP contribution is -2.57. The molecule has 2 bridgehead atoms. The van der Waals surface area contributed by atoms with Crippen molar-refractivity contribution in [1.29, 1.82) is 0 Å². The number of fused-ring (bicyclic) bond motifs is 3. The lowest BCUT2D eigenvalue weighted by atomic mass is 9.75. The van der Waals surface area contributed by atoms with Gasteiger partial charge in [-0.05, 0) is 37.4 Å². The van der Waals surface area contributed by atoms with Crippen molar-refractivity contribution >= 4 is 5.91 Å². The number of nitrogens with two attached hydrogens (primary N) is 1. The molecular weight excluding hydrogens is 320 g/mol. The first kappa shape index (κ1) is 16.3. The summed E-state index contributed by atoms with van der Waals surface area (Å²) in [6, 6.07) is 4.13. The predicted octanol–water partition coefficient (Wildman–Crippen LogP) is 0.357. The molecule has 0 radical (unpaired) electrons.